The van der Waals surface area contributed by atoms with Crippen LogP contribution >= 0.6 is 0 Å². The molecule has 112 valence electrons. The summed E-state index contributed by atoms with van der Waals surface area (Å²) in [5, 5.41) is 3.38. The highest BCUT2D eigenvalue weighted by molar-refractivity contribution is 5.49. The van der Waals surface area contributed by atoms with E-state index in [0.29, 0.717) is 5.88 Å². The van der Waals surface area contributed by atoms with Gasteiger partial charge >= 0.3 is 0 Å². The quantitative estimate of drug-likeness (QED) is 0.884. The fourth-order valence-corrected chi connectivity index (χ4v) is 2.09. The average Bonchev–Trinajstić information content (AvgIpc) is 2.54. The molecule has 0 saturated carbocycles. The van der Waals surface area contributed by atoms with Crippen molar-refractivity contribution in [3.63, 3.8) is 0 Å². The van der Waals surface area contributed by atoms with Crippen LogP contribution in [0.15, 0.2) is 36.5 Å². The number of anilines is 1. The van der Waals surface area contributed by atoms with Crippen LogP contribution in [0, 0.1) is 0 Å². The first-order valence-corrected chi connectivity index (χ1v) is 6.66. The van der Waals surface area contributed by atoms with E-state index in [0.717, 1.165) is 22.7 Å². The summed E-state index contributed by atoms with van der Waals surface area (Å²) in [6.45, 7) is 2.06. The zero-order valence-electron chi connectivity index (χ0n) is 12.7. The van der Waals surface area contributed by atoms with Crippen molar-refractivity contribution in [1.29, 1.82) is 0 Å². The zero-order valence-corrected chi connectivity index (χ0v) is 12.7. The Morgan fingerprint density at radius 1 is 1.00 bits per heavy atom. The summed E-state index contributed by atoms with van der Waals surface area (Å²) in [5.74, 6) is 2.21. The van der Waals surface area contributed by atoms with Crippen LogP contribution in [0.25, 0.3) is 0 Å². The van der Waals surface area contributed by atoms with Crippen LogP contribution < -0.4 is 19.5 Å². The molecule has 2 rings (SSSR count). The third-order valence-corrected chi connectivity index (χ3v) is 3.23. The van der Waals surface area contributed by atoms with E-state index in [-0.39, 0.29) is 6.04 Å². The van der Waals surface area contributed by atoms with Crippen molar-refractivity contribution >= 4 is 5.69 Å². The molecule has 0 aliphatic heterocycles. The summed E-state index contributed by atoms with van der Waals surface area (Å²) >= 11 is 0. The number of benzene rings is 1. The lowest BCUT2D eigenvalue weighted by atomic mass is 10.1. The highest BCUT2D eigenvalue weighted by atomic mass is 16.5. The lowest BCUT2D eigenvalue weighted by molar-refractivity contribution is 0.397. The molecule has 0 aliphatic rings. The molecular weight excluding hydrogens is 268 g/mol. The highest BCUT2D eigenvalue weighted by Crippen LogP contribution is 2.31. The largest absolute Gasteiger partial charge is 0.497 e. The number of rotatable bonds is 6. The molecule has 1 heterocycles. The minimum absolute atomic E-state index is 0.0465. The molecule has 0 fully saturated rings. The maximum absolute atomic E-state index is 5.41. The molecule has 1 N–H and O–H groups in total. The molecule has 1 aromatic heterocycles. The van der Waals surface area contributed by atoms with Gasteiger partial charge in [0, 0.05) is 11.6 Å². The van der Waals surface area contributed by atoms with Crippen molar-refractivity contribution in [3.8, 4) is 17.4 Å². The van der Waals surface area contributed by atoms with Crippen LogP contribution in [0.1, 0.15) is 18.5 Å². The molecule has 0 spiro atoms. The number of aromatic nitrogens is 1. The van der Waals surface area contributed by atoms with E-state index >= 15 is 0 Å². The van der Waals surface area contributed by atoms with Crippen LogP contribution in [0.4, 0.5) is 5.69 Å². The number of methoxy groups -OCH3 is 3. The van der Waals surface area contributed by atoms with Crippen LogP contribution in [0.5, 0.6) is 17.4 Å². The SMILES string of the molecule is COc1ccc(OC)c(C(C)Nc2ccc(OC)nc2)c1. The maximum Gasteiger partial charge on any atom is 0.213 e. The van der Waals surface area contributed by atoms with Gasteiger partial charge < -0.3 is 19.5 Å². The number of pyridine rings is 1. The second-order valence-corrected chi connectivity index (χ2v) is 4.56. The molecule has 1 unspecified atom stereocenters. The molecule has 0 bridgehead atoms. The van der Waals surface area contributed by atoms with E-state index in [2.05, 4.69) is 17.2 Å². The van der Waals surface area contributed by atoms with E-state index in [1.807, 2.05) is 30.3 Å². The number of hydrogen-bond acceptors (Lipinski definition) is 5. The summed E-state index contributed by atoms with van der Waals surface area (Å²) in [5.41, 5.74) is 1.93. The fraction of sp³-hybridized carbons (Fsp3) is 0.312. The lowest BCUT2D eigenvalue weighted by Crippen LogP contribution is -2.08. The molecule has 21 heavy (non-hydrogen) atoms. The van der Waals surface area contributed by atoms with Crippen molar-refractivity contribution in [1.82, 2.24) is 4.98 Å². The normalized spacial score (nSPS) is 11.6. The van der Waals surface area contributed by atoms with Gasteiger partial charge in [0.15, 0.2) is 0 Å². The first-order valence-electron chi connectivity index (χ1n) is 6.66. The molecule has 0 radical (unpaired) electrons. The molecule has 2 aromatic rings. The summed E-state index contributed by atoms with van der Waals surface area (Å²) in [4.78, 5) is 4.18. The third kappa shape index (κ3) is 3.56. The topological polar surface area (TPSA) is 52.6 Å². The minimum Gasteiger partial charge on any atom is -0.497 e. The van der Waals surface area contributed by atoms with Gasteiger partial charge in [-0.1, -0.05) is 0 Å². The van der Waals surface area contributed by atoms with Crippen molar-refractivity contribution < 1.29 is 14.2 Å². The summed E-state index contributed by atoms with van der Waals surface area (Å²) < 4.78 is 15.7. The number of nitrogens with zero attached hydrogens (tertiary/aromatic N) is 1. The molecule has 5 heteroatoms. The fourth-order valence-electron chi connectivity index (χ4n) is 2.09. The van der Waals surface area contributed by atoms with Crippen molar-refractivity contribution in [2.75, 3.05) is 26.6 Å². The van der Waals surface area contributed by atoms with Gasteiger partial charge in [-0.05, 0) is 31.2 Å². The summed E-state index contributed by atoms with van der Waals surface area (Å²) in [7, 11) is 4.91. The average molecular weight is 288 g/mol. The minimum atomic E-state index is 0.0465. The predicted octanol–water partition coefficient (Wildman–Crippen LogP) is 3.28. The van der Waals surface area contributed by atoms with Gasteiger partial charge in [0.05, 0.1) is 39.3 Å². The van der Waals surface area contributed by atoms with Gasteiger partial charge in [-0.25, -0.2) is 4.98 Å². The Labute approximate surface area is 124 Å². The van der Waals surface area contributed by atoms with E-state index < -0.39 is 0 Å². The number of hydrogen-bond donors (Lipinski definition) is 1. The lowest BCUT2D eigenvalue weighted by Gasteiger charge is -2.19. The number of ether oxygens (including phenoxy) is 3. The number of nitrogens with one attached hydrogen (secondary N) is 1. The van der Waals surface area contributed by atoms with E-state index in [4.69, 9.17) is 14.2 Å². The molecule has 0 saturated heterocycles. The van der Waals surface area contributed by atoms with Crippen LogP contribution in [-0.2, 0) is 0 Å². The van der Waals surface area contributed by atoms with Gasteiger partial charge in [0.2, 0.25) is 5.88 Å². The Balaban J connectivity index is 2.20. The van der Waals surface area contributed by atoms with Crippen molar-refractivity contribution in [2.45, 2.75) is 13.0 Å². The maximum atomic E-state index is 5.41. The zero-order chi connectivity index (χ0) is 15.2. The first-order chi connectivity index (χ1) is 10.2. The Kier molecular flexibility index (Phi) is 4.87. The standard InChI is InChI=1S/C16H20N2O3/c1-11(18-12-5-8-16(21-4)17-10-12)14-9-13(19-2)6-7-15(14)20-3/h5-11,18H,1-4H3. The monoisotopic (exact) mass is 288 g/mol. The molecule has 1 aromatic carbocycles. The van der Waals surface area contributed by atoms with E-state index in [1.165, 1.54) is 0 Å². The molecular formula is C16H20N2O3. The van der Waals surface area contributed by atoms with Gasteiger partial charge in [-0.15, -0.1) is 0 Å². The molecule has 0 amide bonds. The Hall–Kier alpha value is -2.43. The van der Waals surface area contributed by atoms with Gasteiger partial charge in [-0.2, -0.15) is 0 Å². The molecule has 0 aliphatic carbocycles. The third-order valence-electron chi connectivity index (χ3n) is 3.23. The molecule has 5 nitrogen and oxygen atoms in total. The second-order valence-electron chi connectivity index (χ2n) is 4.56. The van der Waals surface area contributed by atoms with Crippen molar-refractivity contribution in [2.24, 2.45) is 0 Å². The molecule has 1 atom stereocenters. The Morgan fingerprint density at radius 2 is 1.81 bits per heavy atom. The first kappa shape index (κ1) is 15.0. The van der Waals surface area contributed by atoms with E-state index in [1.54, 1.807) is 27.5 Å². The van der Waals surface area contributed by atoms with Gasteiger partial charge in [0.25, 0.3) is 0 Å². The van der Waals surface area contributed by atoms with Crippen molar-refractivity contribution in [3.05, 3.63) is 42.1 Å². The predicted molar refractivity (Wildman–Crippen MR) is 82.4 cm³/mol. The van der Waals surface area contributed by atoms with Crippen LogP contribution in [0.3, 0.4) is 0 Å². The second kappa shape index (κ2) is 6.83. The Morgan fingerprint density at radius 3 is 2.38 bits per heavy atom. The van der Waals surface area contributed by atoms with Crippen LogP contribution in [-0.4, -0.2) is 26.3 Å². The van der Waals surface area contributed by atoms with Gasteiger partial charge in [-0.3, -0.25) is 0 Å². The van der Waals surface area contributed by atoms with E-state index in [9.17, 15) is 0 Å². The van der Waals surface area contributed by atoms with Gasteiger partial charge in [0.1, 0.15) is 11.5 Å². The Bertz CT molecular complexity index is 585. The highest BCUT2D eigenvalue weighted by Gasteiger charge is 2.13. The van der Waals surface area contributed by atoms with Crippen LogP contribution in [0.2, 0.25) is 0 Å². The smallest absolute Gasteiger partial charge is 0.213 e. The summed E-state index contributed by atoms with van der Waals surface area (Å²) in [6.07, 6.45) is 1.74. The summed E-state index contributed by atoms with van der Waals surface area (Å²) in [6, 6.07) is 9.54.